The number of nitrogens with zero attached hydrogens (tertiary/aromatic N) is 5. The number of ketones is 1. The van der Waals surface area contributed by atoms with Crippen molar-refractivity contribution in [3.63, 3.8) is 0 Å². The molecule has 0 spiro atoms. The van der Waals surface area contributed by atoms with Crippen molar-refractivity contribution in [3.05, 3.63) is 65.6 Å². The lowest BCUT2D eigenvalue weighted by atomic mass is 10.1. The van der Waals surface area contributed by atoms with E-state index >= 15 is 0 Å². The first kappa shape index (κ1) is 18.5. The lowest BCUT2D eigenvalue weighted by Gasteiger charge is -2.06. The summed E-state index contributed by atoms with van der Waals surface area (Å²) in [6.07, 6.45) is 0.489. The van der Waals surface area contributed by atoms with Gasteiger partial charge in [-0.1, -0.05) is 12.1 Å². The molecule has 0 aliphatic rings. The van der Waals surface area contributed by atoms with Crippen LogP contribution in [-0.2, 0) is 6.42 Å². The van der Waals surface area contributed by atoms with E-state index in [1.165, 1.54) is 6.92 Å². The standard InChI is InChI=1S/C21H19N5O3/c1-13(27)19-20(15-6-10-17(29-3)11-7-15)26-21(22-19)24-23-18(25-26)12-14-4-8-16(28-2)9-5-14/h4-11H,12H2,1-3H3. The molecule has 4 aromatic rings. The van der Waals surface area contributed by atoms with Crippen molar-refractivity contribution >= 4 is 11.6 Å². The molecular formula is C21H19N5O3. The van der Waals surface area contributed by atoms with Gasteiger partial charge in [0.15, 0.2) is 11.6 Å². The smallest absolute Gasteiger partial charge is 0.271 e. The number of imidazole rings is 1. The molecule has 2 aromatic carbocycles. The Morgan fingerprint density at radius 3 is 2.14 bits per heavy atom. The van der Waals surface area contributed by atoms with Crippen LogP contribution in [0.15, 0.2) is 48.5 Å². The van der Waals surface area contributed by atoms with Crippen molar-refractivity contribution in [1.82, 2.24) is 24.8 Å². The lowest BCUT2D eigenvalue weighted by Crippen LogP contribution is -2.06. The zero-order valence-corrected chi connectivity index (χ0v) is 16.3. The largest absolute Gasteiger partial charge is 0.497 e. The molecule has 8 nitrogen and oxygen atoms in total. The molecule has 0 unspecified atom stereocenters. The molecule has 4 rings (SSSR count). The van der Waals surface area contributed by atoms with Gasteiger partial charge < -0.3 is 9.47 Å². The van der Waals surface area contributed by atoms with E-state index in [0.717, 1.165) is 22.6 Å². The van der Waals surface area contributed by atoms with Gasteiger partial charge in [0.1, 0.15) is 22.9 Å². The van der Waals surface area contributed by atoms with Gasteiger partial charge in [0, 0.05) is 18.9 Å². The van der Waals surface area contributed by atoms with Crippen molar-refractivity contribution in [2.75, 3.05) is 14.2 Å². The fourth-order valence-corrected chi connectivity index (χ4v) is 3.05. The summed E-state index contributed by atoms with van der Waals surface area (Å²) in [6, 6.07) is 15.0. The summed E-state index contributed by atoms with van der Waals surface area (Å²) < 4.78 is 12.0. The van der Waals surface area contributed by atoms with Crippen LogP contribution in [0.2, 0.25) is 0 Å². The minimum absolute atomic E-state index is 0.167. The summed E-state index contributed by atoms with van der Waals surface area (Å²) in [5.74, 6) is 2.13. The fraction of sp³-hybridized carbons (Fsp3) is 0.190. The molecule has 0 radical (unpaired) electrons. The molecular weight excluding hydrogens is 370 g/mol. The first-order valence-electron chi connectivity index (χ1n) is 8.99. The van der Waals surface area contributed by atoms with Gasteiger partial charge in [-0.2, -0.15) is 4.52 Å². The van der Waals surface area contributed by atoms with Gasteiger partial charge in [0.25, 0.3) is 5.78 Å². The van der Waals surface area contributed by atoms with E-state index in [-0.39, 0.29) is 11.6 Å². The molecule has 0 saturated carbocycles. The first-order valence-corrected chi connectivity index (χ1v) is 8.99. The number of carbonyl (C=O) groups excluding carboxylic acids is 1. The summed E-state index contributed by atoms with van der Waals surface area (Å²) >= 11 is 0. The number of hydrogen-bond acceptors (Lipinski definition) is 7. The van der Waals surface area contributed by atoms with Crippen molar-refractivity contribution in [2.45, 2.75) is 13.3 Å². The average molecular weight is 389 g/mol. The van der Waals surface area contributed by atoms with Crippen LogP contribution in [0.3, 0.4) is 0 Å². The van der Waals surface area contributed by atoms with Gasteiger partial charge in [-0.15, -0.1) is 15.3 Å². The number of ether oxygens (including phenoxy) is 2. The van der Waals surface area contributed by atoms with E-state index in [2.05, 4.69) is 20.3 Å². The van der Waals surface area contributed by atoms with Gasteiger partial charge in [-0.05, 0) is 42.0 Å². The van der Waals surface area contributed by atoms with Gasteiger partial charge in [-0.3, -0.25) is 4.79 Å². The average Bonchev–Trinajstić information content (AvgIpc) is 3.13. The Kier molecular flexibility index (Phi) is 4.90. The maximum Gasteiger partial charge on any atom is 0.271 e. The van der Waals surface area contributed by atoms with Gasteiger partial charge in [0.2, 0.25) is 0 Å². The van der Waals surface area contributed by atoms with Gasteiger partial charge >= 0.3 is 0 Å². The molecule has 8 heteroatoms. The molecule has 0 aliphatic carbocycles. The topological polar surface area (TPSA) is 91.5 Å². The molecule has 0 amide bonds. The summed E-state index contributed by atoms with van der Waals surface area (Å²) in [7, 11) is 3.23. The molecule has 0 bridgehead atoms. The second-order valence-corrected chi connectivity index (χ2v) is 6.45. The third-order valence-corrected chi connectivity index (χ3v) is 4.53. The van der Waals surface area contributed by atoms with Crippen LogP contribution in [0.25, 0.3) is 17.0 Å². The Hall–Kier alpha value is -3.81. The number of methoxy groups -OCH3 is 2. The number of hydrogen-bond donors (Lipinski definition) is 0. The Balaban J connectivity index is 1.78. The van der Waals surface area contributed by atoms with Crippen LogP contribution in [0, 0.1) is 0 Å². The van der Waals surface area contributed by atoms with Crippen LogP contribution < -0.4 is 9.47 Å². The molecule has 0 atom stereocenters. The second-order valence-electron chi connectivity index (χ2n) is 6.45. The number of aromatic nitrogens is 5. The van der Waals surface area contributed by atoms with E-state index < -0.39 is 0 Å². The summed E-state index contributed by atoms with van der Waals surface area (Å²) in [5, 5.41) is 12.9. The number of benzene rings is 2. The first-order chi connectivity index (χ1) is 14.1. The van der Waals surface area contributed by atoms with Crippen LogP contribution in [0.4, 0.5) is 0 Å². The van der Waals surface area contributed by atoms with E-state index in [1.54, 1.807) is 18.7 Å². The number of fused-ring (bicyclic) bond motifs is 1. The zero-order chi connectivity index (χ0) is 20.4. The van der Waals surface area contributed by atoms with Crippen LogP contribution >= 0.6 is 0 Å². The van der Waals surface area contributed by atoms with Gasteiger partial charge in [-0.25, -0.2) is 4.98 Å². The van der Waals surface area contributed by atoms with Crippen LogP contribution in [0.1, 0.15) is 28.8 Å². The molecule has 146 valence electrons. The predicted molar refractivity (Wildman–Crippen MR) is 106 cm³/mol. The molecule has 29 heavy (non-hydrogen) atoms. The third-order valence-electron chi connectivity index (χ3n) is 4.53. The Labute approximate surface area is 167 Å². The summed E-state index contributed by atoms with van der Waals surface area (Å²) in [5.41, 5.74) is 2.70. The SMILES string of the molecule is COc1ccc(Cc2nnc3nc(C(C)=O)c(-c4ccc(OC)cc4)n3n2)cc1. The summed E-state index contributed by atoms with van der Waals surface area (Å²) in [4.78, 5) is 16.5. The molecule has 2 heterocycles. The maximum absolute atomic E-state index is 12.2. The molecule has 0 N–H and O–H groups in total. The fourth-order valence-electron chi connectivity index (χ4n) is 3.05. The van der Waals surface area contributed by atoms with Gasteiger partial charge in [0.05, 0.1) is 14.2 Å². The molecule has 0 saturated heterocycles. The monoisotopic (exact) mass is 389 g/mol. The van der Waals surface area contributed by atoms with Crippen molar-refractivity contribution < 1.29 is 14.3 Å². The normalized spacial score (nSPS) is 10.9. The molecule has 2 aromatic heterocycles. The van der Waals surface area contributed by atoms with Crippen molar-refractivity contribution in [3.8, 4) is 22.8 Å². The highest BCUT2D eigenvalue weighted by atomic mass is 16.5. The quantitative estimate of drug-likeness (QED) is 0.468. The summed E-state index contributed by atoms with van der Waals surface area (Å²) in [6.45, 7) is 1.47. The van der Waals surface area contributed by atoms with Crippen LogP contribution in [-0.4, -0.2) is 44.8 Å². The second kappa shape index (κ2) is 7.67. The third kappa shape index (κ3) is 3.64. The Morgan fingerprint density at radius 2 is 1.55 bits per heavy atom. The van der Waals surface area contributed by atoms with Crippen molar-refractivity contribution in [1.29, 1.82) is 0 Å². The number of Topliss-reactive ketones (excluding diaryl/α,β-unsaturated/α-hetero) is 1. The highest BCUT2D eigenvalue weighted by molar-refractivity contribution is 5.99. The minimum Gasteiger partial charge on any atom is -0.497 e. The number of rotatable bonds is 6. The minimum atomic E-state index is -0.167. The van der Waals surface area contributed by atoms with E-state index in [4.69, 9.17) is 9.47 Å². The molecule has 0 fully saturated rings. The number of carbonyl (C=O) groups is 1. The highest BCUT2D eigenvalue weighted by Gasteiger charge is 2.20. The van der Waals surface area contributed by atoms with E-state index in [0.29, 0.717) is 23.6 Å². The van der Waals surface area contributed by atoms with Crippen molar-refractivity contribution in [2.24, 2.45) is 0 Å². The maximum atomic E-state index is 12.2. The van der Waals surface area contributed by atoms with E-state index in [9.17, 15) is 4.79 Å². The lowest BCUT2D eigenvalue weighted by molar-refractivity contribution is 0.101. The molecule has 0 aliphatic heterocycles. The van der Waals surface area contributed by atoms with E-state index in [1.807, 2.05) is 48.5 Å². The zero-order valence-electron chi connectivity index (χ0n) is 16.3. The Bertz CT molecular complexity index is 1170. The highest BCUT2D eigenvalue weighted by Crippen LogP contribution is 2.26. The Morgan fingerprint density at radius 1 is 0.931 bits per heavy atom. The predicted octanol–water partition coefficient (Wildman–Crippen LogP) is 3.00. The van der Waals surface area contributed by atoms with Crippen LogP contribution in [0.5, 0.6) is 11.5 Å².